The highest BCUT2D eigenvalue weighted by Crippen LogP contribution is 2.21. The lowest BCUT2D eigenvalue weighted by Gasteiger charge is -2.34. The first-order valence-electron chi connectivity index (χ1n) is 7.78. The van der Waals surface area contributed by atoms with Gasteiger partial charge < -0.3 is 10.1 Å². The number of nitrogens with zero attached hydrogens (tertiary/aromatic N) is 2. The van der Waals surface area contributed by atoms with Crippen molar-refractivity contribution in [1.29, 1.82) is 0 Å². The van der Waals surface area contributed by atoms with Gasteiger partial charge in [-0.05, 0) is 24.5 Å². The lowest BCUT2D eigenvalue weighted by atomic mass is 10.1. The number of hydrogen-bond donors (Lipinski definition) is 1. The number of non-ortho nitro benzene ring substituents is 1. The van der Waals surface area contributed by atoms with E-state index in [-0.39, 0.29) is 16.7 Å². The van der Waals surface area contributed by atoms with E-state index in [9.17, 15) is 10.1 Å². The number of ether oxygens (including phenoxy) is 1. The average molecular weight is 307 g/mol. The van der Waals surface area contributed by atoms with Crippen LogP contribution >= 0.6 is 0 Å². The summed E-state index contributed by atoms with van der Waals surface area (Å²) in [5.74, 6) is 0.656. The fourth-order valence-corrected chi connectivity index (χ4v) is 2.77. The van der Waals surface area contributed by atoms with Crippen molar-refractivity contribution in [2.24, 2.45) is 5.92 Å². The molecule has 1 saturated heterocycles. The van der Waals surface area contributed by atoms with E-state index < -0.39 is 0 Å². The zero-order valence-electron chi connectivity index (χ0n) is 13.5. The van der Waals surface area contributed by atoms with Crippen molar-refractivity contribution in [2.75, 3.05) is 38.1 Å². The molecule has 122 valence electrons. The lowest BCUT2D eigenvalue weighted by molar-refractivity contribution is -0.384. The first-order chi connectivity index (χ1) is 10.5. The van der Waals surface area contributed by atoms with Gasteiger partial charge in [0, 0.05) is 44.0 Å². The molecule has 0 amide bonds. The normalized spacial score (nSPS) is 19.4. The molecule has 1 N–H and O–H groups in total. The first kappa shape index (κ1) is 16.7. The highest BCUT2D eigenvalue weighted by atomic mass is 16.6. The minimum Gasteiger partial charge on any atom is -0.382 e. The number of nitro benzene ring substituents is 1. The van der Waals surface area contributed by atoms with Gasteiger partial charge in [-0.15, -0.1) is 0 Å². The molecule has 1 unspecified atom stereocenters. The number of morpholine rings is 1. The van der Waals surface area contributed by atoms with Gasteiger partial charge in [-0.25, -0.2) is 0 Å². The van der Waals surface area contributed by atoms with Crippen LogP contribution in [0.3, 0.4) is 0 Å². The quantitative estimate of drug-likeness (QED) is 0.646. The van der Waals surface area contributed by atoms with E-state index in [2.05, 4.69) is 24.1 Å². The molecule has 1 fully saturated rings. The Kier molecular flexibility index (Phi) is 5.74. The molecule has 0 aliphatic carbocycles. The molecule has 0 saturated carbocycles. The summed E-state index contributed by atoms with van der Waals surface area (Å²) < 4.78 is 5.80. The Bertz CT molecular complexity index is 519. The van der Waals surface area contributed by atoms with Crippen LogP contribution in [0.4, 0.5) is 11.4 Å². The molecule has 0 aromatic heterocycles. The van der Waals surface area contributed by atoms with Crippen LogP contribution in [-0.4, -0.2) is 48.7 Å². The molecule has 1 heterocycles. The largest absolute Gasteiger partial charge is 0.382 e. The van der Waals surface area contributed by atoms with Crippen molar-refractivity contribution in [2.45, 2.75) is 26.9 Å². The molecule has 2 rings (SSSR count). The second-order valence-electron chi connectivity index (χ2n) is 6.28. The van der Waals surface area contributed by atoms with Crippen LogP contribution in [0, 0.1) is 23.0 Å². The van der Waals surface area contributed by atoms with Crippen molar-refractivity contribution in [1.82, 2.24) is 4.90 Å². The van der Waals surface area contributed by atoms with E-state index in [1.165, 1.54) is 6.07 Å². The molecule has 1 aliphatic rings. The van der Waals surface area contributed by atoms with Gasteiger partial charge in [0.05, 0.1) is 17.6 Å². The van der Waals surface area contributed by atoms with E-state index in [1.807, 2.05) is 6.92 Å². The Balaban J connectivity index is 1.88. The fraction of sp³-hybridized carbons (Fsp3) is 0.625. The molecule has 1 aromatic carbocycles. The predicted octanol–water partition coefficient (Wildman–Crippen LogP) is 2.67. The molecule has 22 heavy (non-hydrogen) atoms. The summed E-state index contributed by atoms with van der Waals surface area (Å²) in [6, 6.07) is 4.89. The van der Waals surface area contributed by atoms with Gasteiger partial charge in [0.2, 0.25) is 0 Å². The first-order valence-corrected chi connectivity index (χ1v) is 7.78. The SMILES string of the molecule is Cc1cc([N+](=O)[O-])ccc1NCC1CN(CC(C)C)CCO1. The van der Waals surface area contributed by atoms with E-state index in [0.29, 0.717) is 12.5 Å². The maximum Gasteiger partial charge on any atom is 0.269 e. The van der Waals surface area contributed by atoms with Crippen LogP contribution in [0.25, 0.3) is 0 Å². The number of aryl methyl sites for hydroxylation is 1. The molecular weight excluding hydrogens is 282 g/mol. The fourth-order valence-electron chi connectivity index (χ4n) is 2.77. The molecule has 6 nitrogen and oxygen atoms in total. The van der Waals surface area contributed by atoms with Gasteiger partial charge in [0.15, 0.2) is 0 Å². The highest BCUT2D eigenvalue weighted by molar-refractivity contribution is 5.55. The number of rotatable bonds is 6. The van der Waals surface area contributed by atoms with Crippen LogP contribution in [0.2, 0.25) is 0 Å². The summed E-state index contributed by atoms with van der Waals surface area (Å²) in [6.07, 6.45) is 0.155. The van der Waals surface area contributed by atoms with E-state index >= 15 is 0 Å². The number of hydrogen-bond acceptors (Lipinski definition) is 5. The smallest absolute Gasteiger partial charge is 0.269 e. The minimum absolute atomic E-state index is 0.125. The molecule has 6 heteroatoms. The van der Waals surface area contributed by atoms with Crippen LogP contribution in [-0.2, 0) is 4.74 Å². The van der Waals surface area contributed by atoms with Crippen LogP contribution < -0.4 is 5.32 Å². The number of nitro groups is 1. The van der Waals surface area contributed by atoms with Crippen molar-refractivity contribution in [3.05, 3.63) is 33.9 Å². The Morgan fingerprint density at radius 3 is 2.91 bits per heavy atom. The van der Waals surface area contributed by atoms with Crippen molar-refractivity contribution in [3.63, 3.8) is 0 Å². The van der Waals surface area contributed by atoms with E-state index in [4.69, 9.17) is 4.74 Å². The van der Waals surface area contributed by atoms with E-state index in [0.717, 1.165) is 37.5 Å². The molecule has 1 aliphatic heterocycles. The Labute approximate surface area is 131 Å². The maximum absolute atomic E-state index is 10.8. The van der Waals surface area contributed by atoms with Gasteiger partial charge in [-0.1, -0.05) is 13.8 Å². The van der Waals surface area contributed by atoms with Gasteiger partial charge in [0.25, 0.3) is 5.69 Å². The average Bonchev–Trinajstić information content (AvgIpc) is 2.45. The van der Waals surface area contributed by atoms with Crippen molar-refractivity contribution in [3.8, 4) is 0 Å². The standard InChI is InChI=1S/C16H25N3O3/c1-12(2)10-18-6-7-22-15(11-18)9-17-16-5-4-14(19(20)21)8-13(16)3/h4-5,8,12,15,17H,6-7,9-11H2,1-3H3. The summed E-state index contributed by atoms with van der Waals surface area (Å²) in [4.78, 5) is 12.8. The van der Waals surface area contributed by atoms with E-state index in [1.54, 1.807) is 12.1 Å². The third-order valence-electron chi connectivity index (χ3n) is 3.79. The monoisotopic (exact) mass is 307 g/mol. The zero-order valence-corrected chi connectivity index (χ0v) is 13.5. The molecule has 0 radical (unpaired) electrons. The lowest BCUT2D eigenvalue weighted by Crippen LogP contribution is -2.46. The summed E-state index contributed by atoms with van der Waals surface area (Å²) in [5.41, 5.74) is 1.93. The summed E-state index contributed by atoms with van der Waals surface area (Å²) in [7, 11) is 0. The molecule has 0 spiro atoms. The maximum atomic E-state index is 10.8. The van der Waals surface area contributed by atoms with Gasteiger partial charge in [0.1, 0.15) is 0 Å². The van der Waals surface area contributed by atoms with Crippen molar-refractivity contribution >= 4 is 11.4 Å². The van der Waals surface area contributed by atoms with Crippen LogP contribution in [0.5, 0.6) is 0 Å². The van der Waals surface area contributed by atoms with Gasteiger partial charge in [-0.3, -0.25) is 15.0 Å². The number of anilines is 1. The summed E-state index contributed by atoms with van der Waals surface area (Å²) >= 11 is 0. The minimum atomic E-state index is -0.370. The third kappa shape index (κ3) is 4.68. The zero-order chi connectivity index (χ0) is 16.1. The summed E-state index contributed by atoms with van der Waals surface area (Å²) in [5, 5.41) is 14.1. The van der Waals surface area contributed by atoms with Crippen LogP contribution in [0.15, 0.2) is 18.2 Å². The second kappa shape index (κ2) is 7.56. The number of nitrogens with one attached hydrogen (secondary N) is 1. The molecule has 1 atom stereocenters. The third-order valence-corrected chi connectivity index (χ3v) is 3.79. The highest BCUT2D eigenvalue weighted by Gasteiger charge is 2.21. The van der Waals surface area contributed by atoms with Crippen LogP contribution in [0.1, 0.15) is 19.4 Å². The van der Waals surface area contributed by atoms with Gasteiger partial charge >= 0.3 is 0 Å². The Morgan fingerprint density at radius 1 is 1.50 bits per heavy atom. The molecule has 1 aromatic rings. The number of benzene rings is 1. The Hall–Kier alpha value is -1.66. The second-order valence-corrected chi connectivity index (χ2v) is 6.28. The van der Waals surface area contributed by atoms with Gasteiger partial charge in [-0.2, -0.15) is 0 Å². The predicted molar refractivity (Wildman–Crippen MR) is 87.3 cm³/mol. The summed E-state index contributed by atoms with van der Waals surface area (Å²) in [6.45, 7) is 10.8. The topological polar surface area (TPSA) is 67.6 Å². The molecular formula is C16H25N3O3. The Morgan fingerprint density at radius 2 is 2.27 bits per heavy atom. The van der Waals surface area contributed by atoms with Crippen molar-refractivity contribution < 1.29 is 9.66 Å². The molecule has 0 bridgehead atoms.